The van der Waals surface area contributed by atoms with Crippen LogP contribution in [0, 0.1) is 0 Å². The van der Waals surface area contributed by atoms with Crippen LogP contribution < -0.4 is 10.6 Å². The second-order valence-corrected chi connectivity index (χ2v) is 11.4. The lowest BCUT2D eigenvalue weighted by Crippen LogP contribution is -2.24. The quantitative estimate of drug-likeness (QED) is 0.131. The van der Waals surface area contributed by atoms with Crippen molar-refractivity contribution in [3.63, 3.8) is 0 Å². The molecule has 43 heavy (non-hydrogen) atoms. The Morgan fingerprint density at radius 3 is 2.02 bits per heavy atom. The first-order valence-electron chi connectivity index (χ1n) is 15.3. The molecule has 0 saturated carbocycles. The van der Waals surface area contributed by atoms with E-state index in [1.807, 2.05) is 36.4 Å². The molecular formula is C36H42N2O5. The molecule has 7 heteroatoms. The molecule has 3 aromatic carbocycles. The van der Waals surface area contributed by atoms with Crippen LogP contribution in [0.3, 0.4) is 0 Å². The Labute approximate surface area is 254 Å². The fraction of sp³-hybridized carbons (Fsp3) is 0.389. The third-order valence-electron chi connectivity index (χ3n) is 7.95. The lowest BCUT2D eigenvalue weighted by atomic mass is 9.88. The van der Waals surface area contributed by atoms with Crippen molar-refractivity contribution in [1.29, 1.82) is 0 Å². The first-order valence-corrected chi connectivity index (χ1v) is 15.3. The van der Waals surface area contributed by atoms with Crippen molar-refractivity contribution >= 4 is 29.1 Å². The van der Waals surface area contributed by atoms with Crippen LogP contribution in [-0.4, -0.2) is 41.1 Å². The van der Waals surface area contributed by atoms with Gasteiger partial charge in [0.2, 0.25) is 11.8 Å². The van der Waals surface area contributed by atoms with Gasteiger partial charge in [0.05, 0.1) is 12.5 Å². The molecule has 0 bridgehead atoms. The highest BCUT2D eigenvalue weighted by atomic mass is 16.3. The average Bonchev–Trinajstić information content (AvgIpc) is 3.33. The van der Waals surface area contributed by atoms with Gasteiger partial charge in [0, 0.05) is 37.4 Å². The van der Waals surface area contributed by atoms with Crippen molar-refractivity contribution in [2.24, 2.45) is 0 Å². The molecule has 0 aliphatic heterocycles. The molecule has 1 unspecified atom stereocenters. The maximum Gasteiger partial charge on any atom is 0.224 e. The Hall–Kier alpha value is -4.10. The number of aryl methyl sites for hydroxylation is 1. The van der Waals surface area contributed by atoms with Crippen LogP contribution in [-0.2, 0) is 25.6 Å². The minimum Gasteiger partial charge on any atom is -0.392 e. The summed E-state index contributed by atoms with van der Waals surface area (Å²) in [4.78, 5) is 47.2. The van der Waals surface area contributed by atoms with Gasteiger partial charge in [-0.25, -0.2) is 0 Å². The van der Waals surface area contributed by atoms with Crippen molar-refractivity contribution in [2.75, 3.05) is 11.9 Å². The molecule has 0 spiro atoms. The van der Waals surface area contributed by atoms with E-state index in [2.05, 4.69) is 34.9 Å². The molecule has 1 atom stereocenters. The molecule has 0 aromatic heterocycles. The molecule has 1 aliphatic rings. The van der Waals surface area contributed by atoms with Crippen LogP contribution in [0.4, 0.5) is 5.69 Å². The Balaban J connectivity index is 1.06. The highest BCUT2D eigenvalue weighted by molar-refractivity contribution is 5.98. The topological polar surface area (TPSA) is 113 Å². The number of benzene rings is 3. The van der Waals surface area contributed by atoms with E-state index in [0.29, 0.717) is 44.3 Å². The van der Waals surface area contributed by atoms with E-state index in [4.69, 9.17) is 0 Å². The fourth-order valence-electron chi connectivity index (χ4n) is 5.78. The molecule has 226 valence electrons. The standard InChI is InChI=1S/C36H42N2O5/c1-25(39)24-28(40)22-19-26-17-20-27(21-18-26)38-35(43)16-9-15-34(42)37-23-8-2-3-14-33(41)36-31-12-6-4-10-29(31)30-11-5-7-13-32(30)36/h4-7,10-13,17-18,20-21,33,36,41H,2-3,8-9,14-16,19,22-24H2,1H3,(H,37,42)(H,38,43). The Morgan fingerprint density at radius 1 is 0.744 bits per heavy atom. The fourth-order valence-corrected chi connectivity index (χ4v) is 5.78. The zero-order valence-electron chi connectivity index (χ0n) is 24.9. The Bertz CT molecular complexity index is 1370. The van der Waals surface area contributed by atoms with Gasteiger partial charge >= 0.3 is 0 Å². The lowest BCUT2D eigenvalue weighted by molar-refractivity contribution is -0.126. The highest BCUT2D eigenvalue weighted by Crippen LogP contribution is 2.46. The van der Waals surface area contributed by atoms with Crippen LogP contribution >= 0.6 is 0 Å². The van der Waals surface area contributed by atoms with Gasteiger partial charge < -0.3 is 15.7 Å². The minimum atomic E-state index is -0.447. The number of carbonyl (C=O) groups is 4. The number of fused-ring (bicyclic) bond motifs is 3. The molecule has 0 fully saturated rings. The number of anilines is 1. The molecule has 1 aliphatic carbocycles. The summed E-state index contributed by atoms with van der Waals surface area (Å²) in [7, 11) is 0. The maximum absolute atomic E-state index is 12.3. The van der Waals surface area contributed by atoms with E-state index in [0.717, 1.165) is 24.8 Å². The van der Waals surface area contributed by atoms with Gasteiger partial charge in [-0.3, -0.25) is 19.2 Å². The number of aliphatic hydroxyl groups is 1. The lowest BCUT2D eigenvalue weighted by Gasteiger charge is -2.20. The monoisotopic (exact) mass is 582 g/mol. The van der Waals surface area contributed by atoms with Crippen LogP contribution in [0.1, 0.15) is 87.3 Å². The van der Waals surface area contributed by atoms with E-state index >= 15 is 0 Å². The van der Waals surface area contributed by atoms with Crippen molar-refractivity contribution in [3.05, 3.63) is 89.5 Å². The average molecular weight is 583 g/mol. The van der Waals surface area contributed by atoms with Crippen LogP contribution in [0.15, 0.2) is 72.8 Å². The molecule has 3 N–H and O–H groups in total. The summed E-state index contributed by atoms with van der Waals surface area (Å²) in [5.74, 6) is -0.396. The Kier molecular flexibility index (Phi) is 11.8. The van der Waals surface area contributed by atoms with E-state index in [1.54, 1.807) is 12.1 Å². The van der Waals surface area contributed by atoms with E-state index in [-0.39, 0.29) is 42.1 Å². The number of hydrogen-bond acceptors (Lipinski definition) is 5. The summed E-state index contributed by atoms with van der Waals surface area (Å²) < 4.78 is 0. The number of Topliss-reactive ketones (excluding diaryl/α,β-unsaturated/α-hetero) is 2. The minimum absolute atomic E-state index is 0.00460. The number of rotatable bonds is 17. The zero-order valence-corrected chi connectivity index (χ0v) is 24.9. The first kappa shape index (κ1) is 31.8. The molecule has 0 radical (unpaired) electrons. The summed E-state index contributed by atoms with van der Waals surface area (Å²) in [5, 5.41) is 16.8. The normalized spacial score (nSPS) is 12.7. The largest absolute Gasteiger partial charge is 0.392 e. The first-order chi connectivity index (χ1) is 20.8. The number of amides is 2. The van der Waals surface area contributed by atoms with Gasteiger partial charge in [0.15, 0.2) is 0 Å². The third-order valence-corrected chi connectivity index (χ3v) is 7.95. The predicted molar refractivity (Wildman–Crippen MR) is 169 cm³/mol. The number of ketones is 2. The second kappa shape index (κ2) is 15.9. The van der Waals surface area contributed by atoms with Crippen LogP contribution in [0.25, 0.3) is 11.1 Å². The van der Waals surface area contributed by atoms with E-state index in [9.17, 15) is 24.3 Å². The van der Waals surface area contributed by atoms with Gasteiger partial charge in [0.1, 0.15) is 11.6 Å². The maximum atomic E-state index is 12.3. The highest BCUT2D eigenvalue weighted by Gasteiger charge is 2.32. The van der Waals surface area contributed by atoms with Gasteiger partial charge in [-0.05, 0) is 72.6 Å². The second-order valence-electron chi connectivity index (χ2n) is 11.4. The van der Waals surface area contributed by atoms with Crippen molar-refractivity contribution in [3.8, 4) is 11.1 Å². The molecule has 4 rings (SSSR count). The summed E-state index contributed by atoms with van der Waals surface area (Å²) in [6, 6.07) is 23.9. The molecular weight excluding hydrogens is 540 g/mol. The summed E-state index contributed by atoms with van der Waals surface area (Å²) >= 11 is 0. The smallest absolute Gasteiger partial charge is 0.224 e. The van der Waals surface area contributed by atoms with E-state index < -0.39 is 6.10 Å². The predicted octanol–water partition coefficient (Wildman–Crippen LogP) is 6.13. The zero-order chi connectivity index (χ0) is 30.6. The van der Waals surface area contributed by atoms with Gasteiger partial charge in [0.25, 0.3) is 0 Å². The summed E-state index contributed by atoms with van der Waals surface area (Å²) in [6.45, 7) is 2.00. The van der Waals surface area contributed by atoms with Crippen molar-refractivity contribution in [1.82, 2.24) is 5.32 Å². The molecule has 0 saturated heterocycles. The Morgan fingerprint density at radius 2 is 1.37 bits per heavy atom. The van der Waals surface area contributed by atoms with Gasteiger partial charge in [-0.1, -0.05) is 73.5 Å². The molecule has 2 amide bonds. The van der Waals surface area contributed by atoms with Crippen LogP contribution in [0.5, 0.6) is 0 Å². The van der Waals surface area contributed by atoms with Gasteiger partial charge in [-0.15, -0.1) is 0 Å². The summed E-state index contributed by atoms with van der Waals surface area (Å²) in [5.41, 5.74) is 6.45. The van der Waals surface area contributed by atoms with Crippen molar-refractivity contribution in [2.45, 2.75) is 83.2 Å². The number of aliphatic hydroxyl groups excluding tert-OH is 1. The molecule has 7 nitrogen and oxygen atoms in total. The van der Waals surface area contributed by atoms with E-state index in [1.165, 1.54) is 29.2 Å². The van der Waals surface area contributed by atoms with Crippen LogP contribution in [0.2, 0.25) is 0 Å². The number of carbonyl (C=O) groups excluding carboxylic acids is 4. The third kappa shape index (κ3) is 9.45. The number of nitrogens with one attached hydrogen (secondary N) is 2. The summed E-state index contributed by atoms with van der Waals surface area (Å²) in [6.07, 6.45) is 4.77. The SMILES string of the molecule is CC(=O)CC(=O)CCc1ccc(NC(=O)CCCC(=O)NCCCCCC(O)C2c3ccccc3-c3ccccc32)cc1. The number of hydrogen-bond donors (Lipinski definition) is 3. The molecule has 3 aromatic rings. The number of unbranched alkanes of at least 4 members (excludes halogenated alkanes) is 2. The molecule has 0 heterocycles. The van der Waals surface area contributed by atoms with Gasteiger partial charge in [-0.2, -0.15) is 0 Å². The van der Waals surface area contributed by atoms with Crippen molar-refractivity contribution < 1.29 is 24.3 Å².